The van der Waals surface area contributed by atoms with Crippen molar-refractivity contribution in [2.24, 2.45) is 0 Å². The van der Waals surface area contributed by atoms with Crippen LogP contribution in [0.25, 0.3) is 0 Å². The van der Waals surface area contributed by atoms with Crippen LogP contribution in [0.3, 0.4) is 0 Å². The smallest absolute Gasteiger partial charge is 0.0788 e. The first-order chi connectivity index (χ1) is 4.83. The molecule has 0 aromatic rings. The van der Waals surface area contributed by atoms with Crippen molar-refractivity contribution in [1.82, 2.24) is 0 Å². The van der Waals surface area contributed by atoms with Crippen molar-refractivity contribution in [3.8, 4) is 0 Å². The maximum absolute atomic E-state index is 9.01. The van der Waals surface area contributed by atoms with E-state index in [-0.39, 0.29) is 12.2 Å². The summed E-state index contributed by atoms with van der Waals surface area (Å²) in [6, 6.07) is 0. The summed E-state index contributed by atoms with van der Waals surface area (Å²) >= 11 is 0. The first-order valence-electron chi connectivity index (χ1n) is 3.42. The Labute approximate surface area is 60.8 Å². The summed E-state index contributed by atoms with van der Waals surface area (Å²) in [5, 5.41) is 9.01. The van der Waals surface area contributed by atoms with E-state index in [0.717, 1.165) is 0 Å². The van der Waals surface area contributed by atoms with Gasteiger partial charge >= 0.3 is 0 Å². The summed E-state index contributed by atoms with van der Waals surface area (Å²) in [5.41, 5.74) is 0. The zero-order valence-electron chi connectivity index (χ0n) is 5.86. The molecule has 1 aliphatic carbocycles. The van der Waals surface area contributed by atoms with Crippen molar-refractivity contribution in [1.29, 1.82) is 0 Å². The minimum absolute atomic E-state index is 0.0907. The zero-order valence-corrected chi connectivity index (χ0v) is 5.86. The van der Waals surface area contributed by atoms with Crippen LogP contribution in [0, 0.1) is 0 Å². The number of aliphatic hydroxyl groups is 1. The Morgan fingerprint density at radius 3 is 3.00 bits per heavy atom. The summed E-state index contributed by atoms with van der Waals surface area (Å²) in [7, 11) is 0. The molecule has 0 saturated heterocycles. The van der Waals surface area contributed by atoms with Gasteiger partial charge in [0.05, 0.1) is 18.8 Å². The highest BCUT2D eigenvalue weighted by Crippen LogP contribution is 2.13. The molecule has 2 atom stereocenters. The Morgan fingerprint density at radius 2 is 2.50 bits per heavy atom. The Balaban J connectivity index is 2.19. The minimum atomic E-state index is -0.310. The van der Waals surface area contributed by atoms with E-state index in [1.807, 2.05) is 6.08 Å². The summed E-state index contributed by atoms with van der Waals surface area (Å²) in [4.78, 5) is 0. The highest BCUT2D eigenvalue weighted by Gasteiger charge is 2.15. The van der Waals surface area contributed by atoms with Crippen molar-refractivity contribution in [2.75, 3.05) is 6.61 Å². The molecule has 0 aliphatic heterocycles. The molecule has 1 N–H and O–H groups in total. The Morgan fingerprint density at radius 1 is 1.70 bits per heavy atom. The second-order valence-electron chi connectivity index (χ2n) is 2.35. The molecule has 10 heavy (non-hydrogen) atoms. The van der Waals surface area contributed by atoms with Gasteiger partial charge in [0.2, 0.25) is 0 Å². The lowest BCUT2D eigenvalue weighted by atomic mass is 10.3. The first-order valence-corrected chi connectivity index (χ1v) is 3.42. The van der Waals surface area contributed by atoms with Gasteiger partial charge in [-0.2, -0.15) is 0 Å². The van der Waals surface area contributed by atoms with Crippen LogP contribution in [0.4, 0.5) is 0 Å². The maximum atomic E-state index is 9.01. The van der Waals surface area contributed by atoms with Gasteiger partial charge in [-0.05, 0) is 0 Å². The predicted octanol–water partition coefficient (Wildman–Crippen LogP) is 0.878. The third kappa shape index (κ3) is 1.97. The molecule has 0 bridgehead atoms. The summed E-state index contributed by atoms with van der Waals surface area (Å²) in [6.07, 6.45) is 5.82. The molecule has 0 saturated carbocycles. The zero-order chi connectivity index (χ0) is 7.40. The second kappa shape index (κ2) is 3.54. The summed E-state index contributed by atoms with van der Waals surface area (Å²) in [5.74, 6) is 0. The highest BCUT2D eigenvalue weighted by atomic mass is 16.5. The Hall–Kier alpha value is -0.600. The number of hydrogen-bond donors (Lipinski definition) is 1. The Kier molecular flexibility index (Phi) is 2.66. The van der Waals surface area contributed by atoms with E-state index >= 15 is 0 Å². The third-order valence-corrected chi connectivity index (χ3v) is 1.45. The molecule has 1 rings (SSSR count). The monoisotopic (exact) mass is 140 g/mol. The number of ether oxygens (including phenoxy) is 1. The average molecular weight is 140 g/mol. The van der Waals surface area contributed by atoms with E-state index in [1.165, 1.54) is 0 Å². The largest absolute Gasteiger partial charge is 0.389 e. The topological polar surface area (TPSA) is 29.5 Å². The van der Waals surface area contributed by atoms with E-state index in [2.05, 4.69) is 6.58 Å². The molecule has 0 amide bonds. The van der Waals surface area contributed by atoms with E-state index in [0.29, 0.717) is 13.0 Å². The quantitative estimate of drug-likeness (QED) is 0.589. The molecule has 1 aliphatic rings. The van der Waals surface area contributed by atoms with Gasteiger partial charge in [-0.15, -0.1) is 6.58 Å². The van der Waals surface area contributed by atoms with Crippen molar-refractivity contribution < 1.29 is 9.84 Å². The molecule has 0 heterocycles. The number of rotatable bonds is 3. The lowest BCUT2D eigenvalue weighted by Gasteiger charge is -2.07. The van der Waals surface area contributed by atoms with Crippen LogP contribution in [0.5, 0.6) is 0 Å². The molecular formula is C8H12O2. The fourth-order valence-electron chi connectivity index (χ4n) is 0.963. The molecular weight excluding hydrogens is 128 g/mol. The molecule has 0 radical (unpaired) electrons. The van der Waals surface area contributed by atoms with Crippen molar-refractivity contribution in [3.63, 3.8) is 0 Å². The van der Waals surface area contributed by atoms with Crippen LogP contribution in [0.2, 0.25) is 0 Å². The lowest BCUT2D eigenvalue weighted by Crippen LogP contribution is -2.10. The van der Waals surface area contributed by atoms with Gasteiger partial charge in [0.25, 0.3) is 0 Å². The average Bonchev–Trinajstić information content (AvgIpc) is 2.31. The molecule has 2 heteroatoms. The van der Waals surface area contributed by atoms with Gasteiger partial charge in [0.1, 0.15) is 0 Å². The molecule has 2 nitrogen and oxygen atoms in total. The van der Waals surface area contributed by atoms with Crippen LogP contribution in [0.1, 0.15) is 6.42 Å². The normalized spacial score (nSPS) is 30.9. The fourth-order valence-corrected chi connectivity index (χ4v) is 0.963. The number of aliphatic hydroxyl groups excluding tert-OH is 1. The van der Waals surface area contributed by atoms with Crippen LogP contribution >= 0.6 is 0 Å². The number of hydrogen-bond acceptors (Lipinski definition) is 2. The highest BCUT2D eigenvalue weighted by molar-refractivity contribution is 5.03. The molecule has 0 aromatic heterocycles. The molecule has 0 unspecified atom stereocenters. The Bertz CT molecular complexity index is 140. The second-order valence-corrected chi connectivity index (χ2v) is 2.35. The van der Waals surface area contributed by atoms with Gasteiger partial charge in [-0.1, -0.05) is 18.2 Å². The van der Waals surface area contributed by atoms with E-state index in [1.54, 1.807) is 12.2 Å². The molecule has 0 aromatic carbocycles. The summed E-state index contributed by atoms with van der Waals surface area (Å²) < 4.78 is 5.26. The minimum Gasteiger partial charge on any atom is -0.389 e. The van der Waals surface area contributed by atoms with Crippen LogP contribution < -0.4 is 0 Å². The fraction of sp³-hybridized carbons (Fsp3) is 0.500. The van der Waals surface area contributed by atoms with E-state index < -0.39 is 0 Å². The molecule has 56 valence electrons. The van der Waals surface area contributed by atoms with E-state index in [9.17, 15) is 0 Å². The molecule has 0 fully saturated rings. The maximum Gasteiger partial charge on any atom is 0.0788 e. The van der Waals surface area contributed by atoms with Gasteiger partial charge in [0, 0.05) is 6.42 Å². The first kappa shape index (κ1) is 7.51. The third-order valence-electron chi connectivity index (χ3n) is 1.45. The standard InChI is InChI=1S/C8H12O2/c1-2-5-10-8-4-3-7(9)6-8/h2-4,7-9H,1,5-6H2/t7-,8+/m0/s1. The van der Waals surface area contributed by atoms with Gasteiger partial charge in [-0.3, -0.25) is 0 Å². The summed E-state index contributed by atoms with van der Waals surface area (Å²) in [6.45, 7) is 4.09. The van der Waals surface area contributed by atoms with E-state index in [4.69, 9.17) is 9.84 Å². The van der Waals surface area contributed by atoms with Crippen LogP contribution in [-0.2, 0) is 4.74 Å². The van der Waals surface area contributed by atoms with Gasteiger partial charge < -0.3 is 9.84 Å². The van der Waals surface area contributed by atoms with Crippen LogP contribution in [0.15, 0.2) is 24.8 Å². The SMILES string of the molecule is C=CCO[C@@H]1C=C[C@H](O)C1. The van der Waals surface area contributed by atoms with Crippen molar-refractivity contribution in [2.45, 2.75) is 18.6 Å². The van der Waals surface area contributed by atoms with Crippen molar-refractivity contribution >= 4 is 0 Å². The lowest BCUT2D eigenvalue weighted by molar-refractivity contribution is 0.0827. The predicted molar refractivity (Wildman–Crippen MR) is 39.7 cm³/mol. The van der Waals surface area contributed by atoms with Crippen LogP contribution in [-0.4, -0.2) is 23.9 Å². The van der Waals surface area contributed by atoms with Crippen molar-refractivity contribution in [3.05, 3.63) is 24.8 Å². The van der Waals surface area contributed by atoms with Gasteiger partial charge in [0.15, 0.2) is 0 Å². The molecule has 0 spiro atoms. The van der Waals surface area contributed by atoms with Gasteiger partial charge in [-0.25, -0.2) is 0 Å².